The first kappa shape index (κ1) is 13.6. The normalized spacial score (nSPS) is 18.1. The molecular weight excluding hydrogens is 244 g/mol. The van der Waals surface area contributed by atoms with Gasteiger partial charge in [-0.2, -0.15) is 0 Å². The fourth-order valence-corrected chi connectivity index (χ4v) is 2.20. The van der Waals surface area contributed by atoms with Crippen molar-refractivity contribution in [3.8, 4) is 0 Å². The van der Waals surface area contributed by atoms with E-state index >= 15 is 0 Å². The predicted molar refractivity (Wildman–Crippen MR) is 69.8 cm³/mol. The Hall–Kier alpha value is -1.85. The summed E-state index contributed by atoms with van der Waals surface area (Å²) in [6.45, 7) is 4.01. The van der Waals surface area contributed by atoms with Crippen molar-refractivity contribution in [2.45, 2.75) is 32.7 Å². The topological polar surface area (TPSA) is 90.0 Å². The number of nitrogens with zero attached hydrogens (tertiary/aromatic N) is 2. The van der Waals surface area contributed by atoms with Crippen LogP contribution in [0.15, 0.2) is 12.4 Å². The lowest BCUT2D eigenvalue weighted by Crippen LogP contribution is -2.43. The van der Waals surface area contributed by atoms with Crippen molar-refractivity contribution >= 4 is 11.8 Å². The molecule has 1 fully saturated rings. The maximum absolute atomic E-state index is 12.2. The second-order valence-electron chi connectivity index (χ2n) is 5.54. The highest BCUT2D eigenvalue weighted by molar-refractivity contribution is 6.07. The molecule has 0 unspecified atom stereocenters. The van der Waals surface area contributed by atoms with Gasteiger partial charge in [-0.25, -0.2) is 4.98 Å². The average Bonchev–Trinajstić information content (AvgIpc) is 3.05. The molecule has 1 atom stereocenters. The van der Waals surface area contributed by atoms with E-state index in [-0.39, 0.29) is 17.9 Å². The number of nitrogens with two attached hydrogens (primary N) is 1. The zero-order chi connectivity index (χ0) is 14.2. The molecule has 19 heavy (non-hydrogen) atoms. The molecular formula is C13H20N4O2. The Morgan fingerprint density at radius 3 is 2.47 bits per heavy atom. The van der Waals surface area contributed by atoms with E-state index in [1.165, 1.54) is 0 Å². The van der Waals surface area contributed by atoms with Crippen molar-refractivity contribution < 1.29 is 9.59 Å². The molecule has 0 radical (unpaired) electrons. The largest absolute Gasteiger partial charge is 0.369 e. The number of nitrogens with one attached hydrogen (secondary N) is 1. The number of carbonyl (C=O) groups is 2. The van der Waals surface area contributed by atoms with Gasteiger partial charge in [0.15, 0.2) is 0 Å². The number of rotatable bonds is 5. The summed E-state index contributed by atoms with van der Waals surface area (Å²) >= 11 is 0. The van der Waals surface area contributed by atoms with E-state index in [0.29, 0.717) is 12.8 Å². The summed E-state index contributed by atoms with van der Waals surface area (Å²) in [5.41, 5.74) is 4.33. The van der Waals surface area contributed by atoms with Crippen LogP contribution in [0.2, 0.25) is 0 Å². The fraction of sp³-hybridized carbons (Fsp3) is 0.615. The molecule has 0 saturated heterocycles. The van der Waals surface area contributed by atoms with Crippen molar-refractivity contribution in [2.24, 2.45) is 24.1 Å². The maximum Gasteiger partial charge on any atom is 0.236 e. The van der Waals surface area contributed by atoms with Gasteiger partial charge in [0.05, 0.1) is 6.04 Å². The second-order valence-corrected chi connectivity index (χ2v) is 5.54. The van der Waals surface area contributed by atoms with Crippen LogP contribution >= 0.6 is 0 Å². The molecule has 104 valence electrons. The Bertz CT molecular complexity index is 502. The van der Waals surface area contributed by atoms with E-state index in [1.807, 2.05) is 31.7 Å². The number of aryl methyl sites for hydroxylation is 1. The van der Waals surface area contributed by atoms with Crippen LogP contribution in [0.4, 0.5) is 0 Å². The molecule has 2 amide bonds. The molecule has 0 bridgehead atoms. The summed E-state index contributed by atoms with van der Waals surface area (Å²) in [6, 6.07) is -0.218. The number of primary amides is 1. The minimum Gasteiger partial charge on any atom is -0.369 e. The minimum absolute atomic E-state index is 0.175. The van der Waals surface area contributed by atoms with Crippen molar-refractivity contribution in [1.82, 2.24) is 14.9 Å². The van der Waals surface area contributed by atoms with Gasteiger partial charge >= 0.3 is 0 Å². The van der Waals surface area contributed by atoms with E-state index in [0.717, 1.165) is 5.82 Å². The van der Waals surface area contributed by atoms with E-state index in [1.54, 1.807) is 6.20 Å². The highest BCUT2D eigenvalue weighted by Crippen LogP contribution is 2.46. The Balaban J connectivity index is 2.17. The molecule has 2 rings (SSSR count). The number of hydrogen-bond donors (Lipinski definition) is 2. The van der Waals surface area contributed by atoms with E-state index in [4.69, 9.17) is 5.73 Å². The highest BCUT2D eigenvalue weighted by atomic mass is 16.2. The van der Waals surface area contributed by atoms with Crippen LogP contribution < -0.4 is 11.1 Å². The molecule has 1 aromatic heterocycles. The maximum atomic E-state index is 12.2. The second kappa shape index (κ2) is 4.68. The number of carbonyl (C=O) groups excluding carboxylic acids is 2. The Labute approximate surface area is 112 Å². The Kier molecular flexibility index (Phi) is 3.34. The van der Waals surface area contributed by atoms with Gasteiger partial charge < -0.3 is 15.6 Å². The van der Waals surface area contributed by atoms with Crippen molar-refractivity contribution in [1.29, 1.82) is 0 Å². The van der Waals surface area contributed by atoms with E-state index in [9.17, 15) is 9.59 Å². The van der Waals surface area contributed by atoms with Gasteiger partial charge in [-0.05, 0) is 18.8 Å². The van der Waals surface area contributed by atoms with Crippen molar-refractivity contribution in [2.75, 3.05) is 0 Å². The van der Waals surface area contributed by atoms with Gasteiger partial charge in [0.1, 0.15) is 11.2 Å². The lowest BCUT2D eigenvalue weighted by Gasteiger charge is -2.24. The molecule has 1 heterocycles. The fourth-order valence-electron chi connectivity index (χ4n) is 2.20. The zero-order valence-electron chi connectivity index (χ0n) is 11.5. The van der Waals surface area contributed by atoms with Crippen LogP contribution in [0.5, 0.6) is 0 Å². The zero-order valence-corrected chi connectivity index (χ0v) is 11.5. The summed E-state index contributed by atoms with van der Waals surface area (Å²) in [4.78, 5) is 27.9. The molecule has 1 saturated carbocycles. The van der Waals surface area contributed by atoms with Crippen LogP contribution in [-0.2, 0) is 16.6 Å². The predicted octanol–water partition coefficient (Wildman–Crippen LogP) is 0.499. The summed E-state index contributed by atoms with van der Waals surface area (Å²) in [5, 5.41) is 2.92. The third kappa shape index (κ3) is 2.34. The average molecular weight is 264 g/mol. The Morgan fingerprint density at radius 2 is 2.11 bits per heavy atom. The summed E-state index contributed by atoms with van der Waals surface area (Å²) in [5.74, 6) is 0.145. The van der Waals surface area contributed by atoms with Crippen LogP contribution in [0.3, 0.4) is 0 Å². The molecule has 1 aromatic rings. The van der Waals surface area contributed by atoms with Crippen LogP contribution in [0, 0.1) is 11.3 Å². The number of imidazole rings is 1. The quantitative estimate of drug-likeness (QED) is 0.759. The first-order valence-electron chi connectivity index (χ1n) is 6.46. The van der Waals surface area contributed by atoms with Crippen LogP contribution in [0.1, 0.15) is 38.6 Å². The van der Waals surface area contributed by atoms with Crippen LogP contribution in [-0.4, -0.2) is 21.4 Å². The summed E-state index contributed by atoms with van der Waals surface area (Å²) in [6.07, 6.45) is 4.61. The van der Waals surface area contributed by atoms with Gasteiger partial charge in [0, 0.05) is 19.4 Å². The molecule has 0 aromatic carbocycles. The molecule has 6 nitrogen and oxygen atoms in total. The van der Waals surface area contributed by atoms with E-state index < -0.39 is 11.3 Å². The van der Waals surface area contributed by atoms with Gasteiger partial charge in [0.25, 0.3) is 0 Å². The SMILES string of the molecule is CC(C)[C@H](NC(=O)C1(C(N)=O)CC1)c1nccn1C. The van der Waals surface area contributed by atoms with Crippen molar-refractivity contribution in [3.63, 3.8) is 0 Å². The van der Waals surface area contributed by atoms with E-state index in [2.05, 4.69) is 10.3 Å². The molecule has 3 N–H and O–H groups in total. The minimum atomic E-state index is -0.988. The van der Waals surface area contributed by atoms with Crippen LogP contribution in [0.25, 0.3) is 0 Å². The van der Waals surface area contributed by atoms with Gasteiger partial charge in [-0.1, -0.05) is 13.8 Å². The van der Waals surface area contributed by atoms with Gasteiger partial charge in [-0.15, -0.1) is 0 Å². The number of hydrogen-bond acceptors (Lipinski definition) is 3. The Morgan fingerprint density at radius 1 is 1.47 bits per heavy atom. The lowest BCUT2D eigenvalue weighted by molar-refractivity contribution is -0.136. The lowest BCUT2D eigenvalue weighted by atomic mass is 10.00. The number of aromatic nitrogens is 2. The molecule has 6 heteroatoms. The van der Waals surface area contributed by atoms with Crippen molar-refractivity contribution in [3.05, 3.63) is 18.2 Å². The van der Waals surface area contributed by atoms with Gasteiger partial charge in [-0.3, -0.25) is 9.59 Å². The summed E-state index contributed by atoms with van der Waals surface area (Å²) < 4.78 is 1.87. The molecule has 0 spiro atoms. The molecule has 1 aliphatic rings. The standard InChI is InChI=1S/C13H20N4O2/c1-8(2)9(10-15-6-7-17(10)3)16-12(19)13(4-5-13)11(14)18/h6-9H,4-5H2,1-3H3,(H2,14,18)(H,16,19)/t9-/m0/s1. The number of amides is 2. The first-order chi connectivity index (χ1) is 8.88. The third-order valence-electron chi connectivity index (χ3n) is 3.75. The monoisotopic (exact) mass is 264 g/mol. The third-order valence-corrected chi connectivity index (χ3v) is 3.75. The molecule has 1 aliphatic carbocycles. The highest BCUT2D eigenvalue weighted by Gasteiger charge is 2.55. The first-order valence-corrected chi connectivity index (χ1v) is 6.46. The molecule has 0 aliphatic heterocycles. The summed E-state index contributed by atoms with van der Waals surface area (Å²) in [7, 11) is 1.88. The smallest absolute Gasteiger partial charge is 0.236 e. The van der Waals surface area contributed by atoms with Gasteiger partial charge in [0.2, 0.25) is 11.8 Å².